The molecule has 4 heteroatoms. The summed E-state index contributed by atoms with van der Waals surface area (Å²) in [5, 5.41) is 7.68. The molecule has 0 aliphatic heterocycles. The Morgan fingerprint density at radius 2 is 2.10 bits per heavy atom. The van der Waals surface area contributed by atoms with Gasteiger partial charge in [0, 0.05) is 18.1 Å². The molecule has 4 nitrogen and oxygen atoms in total. The summed E-state index contributed by atoms with van der Waals surface area (Å²) in [5.41, 5.74) is 3.49. The highest BCUT2D eigenvalue weighted by atomic mass is 16.3. The quantitative estimate of drug-likeness (QED) is 0.770. The molecule has 102 valence electrons. The first-order valence-electron chi connectivity index (χ1n) is 6.65. The minimum Gasteiger partial charge on any atom is -0.467 e. The SMILES string of the molecule is Cc1ccoc1CNc1ccccc1Cn1cccn1. The van der Waals surface area contributed by atoms with Crippen LogP contribution in [-0.4, -0.2) is 9.78 Å². The van der Waals surface area contributed by atoms with E-state index in [0.717, 1.165) is 18.0 Å². The van der Waals surface area contributed by atoms with E-state index < -0.39 is 0 Å². The predicted octanol–water partition coefficient (Wildman–Crippen LogP) is 3.44. The van der Waals surface area contributed by atoms with Crippen LogP contribution in [0.5, 0.6) is 0 Å². The Morgan fingerprint density at radius 1 is 1.20 bits per heavy atom. The lowest BCUT2D eigenvalue weighted by Gasteiger charge is -2.11. The molecule has 0 saturated heterocycles. The van der Waals surface area contributed by atoms with Crippen LogP contribution >= 0.6 is 0 Å². The van der Waals surface area contributed by atoms with Gasteiger partial charge in [0.15, 0.2) is 0 Å². The largest absolute Gasteiger partial charge is 0.467 e. The van der Waals surface area contributed by atoms with Crippen molar-refractivity contribution in [2.75, 3.05) is 5.32 Å². The zero-order chi connectivity index (χ0) is 13.8. The number of para-hydroxylation sites is 1. The van der Waals surface area contributed by atoms with Crippen LogP contribution in [-0.2, 0) is 13.1 Å². The molecule has 3 aromatic rings. The number of nitrogens with zero attached hydrogens (tertiary/aromatic N) is 2. The third-order valence-corrected chi connectivity index (χ3v) is 3.32. The van der Waals surface area contributed by atoms with Gasteiger partial charge in [0.05, 0.1) is 19.4 Å². The van der Waals surface area contributed by atoms with Gasteiger partial charge in [0.1, 0.15) is 5.76 Å². The molecule has 0 amide bonds. The second kappa shape index (κ2) is 5.65. The van der Waals surface area contributed by atoms with Crippen molar-refractivity contribution in [3.63, 3.8) is 0 Å². The van der Waals surface area contributed by atoms with Crippen molar-refractivity contribution in [1.82, 2.24) is 9.78 Å². The lowest BCUT2D eigenvalue weighted by atomic mass is 10.1. The summed E-state index contributed by atoms with van der Waals surface area (Å²) < 4.78 is 7.37. The number of furan rings is 1. The molecule has 0 atom stereocenters. The van der Waals surface area contributed by atoms with Gasteiger partial charge in [-0.25, -0.2) is 0 Å². The number of hydrogen-bond acceptors (Lipinski definition) is 3. The first-order chi connectivity index (χ1) is 9.83. The summed E-state index contributed by atoms with van der Waals surface area (Å²) in [5.74, 6) is 0.971. The van der Waals surface area contributed by atoms with E-state index >= 15 is 0 Å². The van der Waals surface area contributed by atoms with Gasteiger partial charge in [0.2, 0.25) is 0 Å². The fraction of sp³-hybridized carbons (Fsp3) is 0.188. The fourth-order valence-corrected chi connectivity index (χ4v) is 2.16. The van der Waals surface area contributed by atoms with Crippen LogP contribution in [0.25, 0.3) is 0 Å². The minimum absolute atomic E-state index is 0.689. The Hall–Kier alpha value is -2.49. The number of aromatic nitrogens is 2. The van der Waals surface area contributed by atoms with E-state index in [9.17, 15) is 0 Å². The molecule has 20 heavy (non-hydrogen) atoms. The van der Waals surface area contributed by atoms with Crippen molar-refractivity contribution in [2.45, 2.75) is 20.0 Å². The molecule has 2 aromatic heterocycles. The number of benzene rings is 1. The highest BCUT2D eigenvalue weighted by molar-refractivity contribution is 5.51. The van der Waals surface area contributed by atoms with Crippen molar-refractivity contribution in [1.29, 1.82) is 0 Å². The maximum Gasteiger partial charge on any atom is 0.125 e. The molecule has 0 aliphatic rings. The fourth-order valence-electron chi connectivity index (χ4n) is 2.16. The Bertz CT molecular complexity index is 671. The monoisotopic (exact) mass is 267 g/mol. The zero-order valence-electron chi connectivity index (χ0n) is 11.4. The first kappa shape index (κ1) is 12.5. The highest BCUT2D eigenvalue weighted by Crippen LogP contribution is 2.18. The van der Waals surface area contributed by atoms with E-state index in [2.05, 4.69) is 29.5 Å². The van der Waals surface area contributed by atoms with E-state index in [1.165, 1.54) is 11.1 Å². The van der Waals surface area contributed by atoms with Crippen molar-refractivity contribution in [3.05, 3.63) is 71.9 Å². The van der Waals surface area contributed by atoms with Crippen molar-refractivity contribution in [3.8, 4) is 0 Å². The summed E-state index contributed by atoms with van der Waals surface area (Å²) in [6, 6.07) is 12.2. The molecule has 0 aliphatic carbocycles. The number of rotatable bonds is 5. The number of aryl methyl sites for hydroxylation is 1. The van der Waals surface area contributed by atoms with Crippen molar-refractivity contribution in [2.24, 2.45) is 0 Å². The molecule has 2 heterocycles. The third-order valence-electron chi connectivity index (χ3n) is 3.32. The Balaban J connectivity index is 1.74. The maximum atomic E-state index is 5.45. The van der Waals surface area contributed by atoms with E-state index in [1.807, 2.05) is 35.1 Å². The highest BCUT2D eigenvalue weighted by Gasteiger charge is 2.05. The van der Waals surface area contributed by atoms with Gasteiger partial charge in [-0.2, -0.15) is 5.10 Å². The van der Waals surface area contributed by atoms with Gasteiger partial charge >= 0.3 is 0 Å². The molecule has 0 fully saturated rings. The Labute approximate surface area is 118 Å². The van der Waals surface area contributed by atoms with Crippen LogP contribution in [0, 0.1) is 6.92 Å². The van der Waals surface area contributed by atoms with Crippen LogP contribution in [0.2, 0.25) is 0 Å². The summed E-state index contributed by atoms with van der Waals surface area (Å²) in [4.78, 5) is 0. The third kappa shape index (κ3) is 2.74. The van der Waals surface area contributed by atoms with Gasteiger partial charge in [0.25, 0.3) is 0 Å². The molecule has 3 rings (SSSR count). The van der Waals surface area contributed by atoms with Crippen molar-refractivity contribution >= 4 is 5.69 Å². The van der Waals surface area contributed by atoms with Crippen LogP contribution in [0.3, 0.4) is 0 Å². The minimum atomic E-state index is 0.689. The first-order valence-corrected chi connectivity index (χ1v) is 6.65. The summed E-state index contributed by atoms with van der Waals surface area (Å²) in [7, 11) is 0. The van der Waals surface area contributed by atoms with Gasteiger partial charge in [-0.15, -0.1) is 0 Å². The maximum absolute atomic E-state index is 5.45. The number of anilines is 1. The Kier molecular flexibility index (Phi) is 3.54. The smallest absolute Gasteiger partial charge is 0.125 e. The zero-order valence-corrected chi connectivity index (χ0v) is 11.4. The Morgan fingerprint density at radius 3 is 2.85 bits per heavy atom. The van der Waals surface area contributed by atoms with E-state index in [0.29, 0.717) is 6.54 Å². The van der Waals surface area contributed by atoms with Crippen LogP contribution in [0.15, 0.2) is 59.5 Å². The molecule has 0 radical (unpaired) electrons. The molecule has 0 saturated carbocycles. The van der Waals surface area contributed by atoms with Crippen molar-refractivity contribution < 1.29 is 4.42 Å². The van der Waals surface area contributed by atoms with E-state index in [-0.39, 0.29) is 0 Å². The average Bonchev–Trinajstić information content (AvgIpc) is 3.10. The normalized spacial score (nSPS) is 10.7. The molecule has 0 unspecified atom stereocenters. The van der Waals surface area contributed by atoms with Gasteiger partial charge in [-0.3, -0.25) is 4.68 Å². The lowest BCUT2D eigenvalue weighted by molar-refractivity contribution is 0.515. The van der Waals surface area contributed by atoms with E-state index in [4.69, 9.17) is 4.42 Å². The predicted molar refractivity (Wildman–Crippen MR) is 78.5 cm³/mol. The second-order valence-corrected chi connectivity index (χ2v) is 4.74. The molecular formula is C16H17N3O. The molecule has 0 bridgehead atoms. The molecule has 0 spiro atoms. The summed E-state index contributed by atoms with van der Waals surface area (Å²) >= 11 is 0. The molecule has 1 aromatic carbocycles. The van der Waals surface area contributed by atoms with E-state index in [1.54, 1.807) is 12.5 Å². The molecule has 1 N–H and O–H groups in total. The van der Waals surface area contributed by atoms with Gasteiger partial charge in [-0.1, -0.05) is 18.2 Å². The number of nitrogens with one attached hydrogen (secondary N) is 1. The topological polar surface area (TPSA) is 43.0 Å². The van der Waals surface area contributed by atoms with Gasteiger partial charge < -0.3 is 9.73 Å². The number of hydrogen-bond donors (Lipinski definition) is 1. The lowest BCUT2D eigenvalue weighted by Crippen LogP contribution is -2.06. The van der Waals surface area contributed by atoms with Crippen LogP contribution < -0.4 is 5.32 Å². The van der Waals surface area contributed by atoms with Crippen LogP contribution in [0.4, 0.5) is 5.69 Å². The second-order valence-electron chi connectivity index (χ2n) is 4.74. The summed E-state index contributed by atoms with van der Waals surface area (Å²) in [6.07, 6.45) is 5.48. The van der Waals surface area contributed by atoms with Crippen LogP contribution in [0.1, 0.15) is 16.9 Å². The average molecular weight is 267 g/mol. The van der Waals surface area contributed by atoms with Gasteiger partial charge in [-0.05, 0) is 36.2 Å². The summed E-state index contributed by atoms with van der Waals surface area (Å²) in [6.45, 7) is 3.50. The molecular weight excluding hydrogens is 250 g/mol. The standard InChI is InChI=1S/C16H17N3O/c1-13-7-10-20-16(13)11-17-15-6-3-2-5-14(15)12-19-9-4-8-18-19/h2-10,17H,11-12H2,1H3.